The number of aryl methyl sites for hydroxylation is 1. The molecule has 0 amide bonds. The monoisotopic (exact) mass is 279 g/mol. The van der Waals surface area contributed by atoms with Crippen molar-refractivity contribution in [3.05, 3.63) is 50.8 Å². The number of aromatic nitrogens is 3. The fourth-order valence-corrected chi connectivity index (χ4v) is 2.93. The van der Waals surface area contributed by atoms with Crippen LogP contribution >= 0.6 is 22.9 Å². The van der Waals surface area contributed by atoms with Crippen molar-refractivity contribution in [2.24, 2.45) is 7.05 Å². The quantitative estimate of drug-likeness (QED) is 0.723. The summed E-state index contributed by atoms with van der Waals surface area (Å²) in [6, 6.07) is 7.39. The Morgan fingerprint density at radius 1 is 1.39 bits per heavy atom. The van der Waals surface area contributed by atoms with Crippen molar-refractivity contribution in [1.29, 1.82) is 0 Å². The van der Waals surface area contributed by atoms with Crippen LogP contribution in [0.2, 0.25) is 5.02 Å². The molecule has 0 aliphatic carbocycles. The molecule has 3 rings (SSSR count). The van der Waals surface area contributed by atoms with E-state index in [-0.39, 0.29) is 4.87 Å². The van der Waals surface area contributed by atoms with Crippen molar-refractivity contribution in [3.8, 4) is 0 Å². The molecule has 0 atom stereocenters. The molecule has 0 bridgehead atoms. The normalized spacial score (nSPS) is 11.2. The fraction of sp³-hybridized carbons (Fsp3) is 0.167. The number of hydrogen-bond donors (Lipinski definition) is 0. The highest BCUT2D eigenvalue weighted by Gasteiger charge is 2.09. The van der Waals surface area contributed by atoms with Crippen LogP contribution in [0.25, 0.3) is 10.2 Å². The van der Waals surface area contributed by atoms with E-state index in [2.05, 4.69) is 5.10 Å². The maximum atomic E-state index is 12.0. The van der Waals surface area contributed by atoms with E-state index >= 15 is 0 Å². The topological polar surface area (TPSA) is 39.8 Å². The van der Waals surface area contributed by atoms with Gasteiger partial charge in [-0.1, -0.05) is 22.9 Å². The molecule has 2 aromatic heterocycles. The summed E-state index contributed by atoms with van der Waals surface area (Å²) >= 11 is 7.20. The van der Waals surface area contributed by atoms with Crippen molar-refractivity contribution in [1.82, 2.24) is 14.3 Å². The highest BCUT2D eigenvalue weighted by Crippen LogP contribution is 2.22. The lowest BCUT2D eigenvalue weighted by atomic mass is 10.3. The van der Waals surface area contributed by atoms with Gasteiger partial charge in [0.25, 0.3) is 0 Å². The minimum atomic E-state index is 0.0120. The number of nitrogens with zero attached hydrogens (tertiary/aromatic N) is 3. The van der Waals surface area contributed by atoms with Crippen LogP contribution in [0.4, 0.5) is 0 Å². The van der Waals surface area contributed by atoms with Gasteiger partial charge in [-0.05, 0) is 24.3 Å². The predicted octanol–water partition coefficient (Wildman–Crippen LogP) is 2.50. The minimum Gasteiger partial charge on any atom is -0.293 e. The zero-order valence-corrected chi connectivity index (χ0v) is 11.2. The zero-order valence-electron chi connectivity index (χ0n) is 9.63. The van der Waals surface area contributed by atoms with Gasteiger partial charge in [0.15, 0.2) is 0 Å². The Bertz CT molecular complexity index is 771. The third-order valence-corrected chi connectivity index (χ3v) is 3.91. The largest absolute Gasteiger partial charge is 0.308 e. The smallest absolute Gasteiger partial charge is 0.293 e. The van der Waals surface area contributed by atoms with E-state index in [1.807, 2.05) is 31.4 Å². The average molecular weight is 280 g/mol. The zero-order chi connectivity index (χ0) is 12.7. The maximum Gasteiger partial charge on any atom is 0.308 e. The first-order valence-corrected chi connectivity index (χ1v) is 6.60. The molecule has 1 aromatic carbocycles. The first-order chi connectivity index (χ1) is 8.63. The number of hydrogen-bond acceptors (Lipinski definition) is 3. The van der Waals surface area contributed by atoms with E-state index in [1.165, 1.54) is 11.3 Å². The highest BCUT2D eigenvalue weighted by molar-refractivity contribution is 7.16. The molecule has 18 heavy (non-hydrogen) atoms. The van der Waals surface area contributed by atoms with Gasteiger partial charge in [-0.2, -0.15) is 5.10 Å². The lowest BCUT2D eigenvalue weighted by molar-refractivity contribution is 0.711. The molecule has 0 aliphatic rings. The van der Waals surface area contributed by atoms with Crippen molar-refractivity contribution in [2.45, 2.75) is 6.54 Å². The summed E-state index contributed by atoms with van der Waals surface area (Å²) in [5, 5.41) is 4.92. The summed E-state index contributed by atoms with van der Waals surface area (Å²) in [6.45, 7) is 0.472. The third kappa shape index (κ3) is 1.95. The van der Waals surface area contributed by atoms with Crippen molar-refractivity contribution < 1.29 is 0 Å². The van der Waals surface area contributed by atoms with Crippen LogP contribution in [-0.2, 0) is 13.6 Å². The summed E-state index contributed by atoms with van der Waals surface area (Å²) in [5.74, 6) is 0. The third-order valence-electron chi connectivity index (χ3n) is 2.72. The van der Waals surface area contributed by atoms with Crippen LogP contribution in [0, 0.1) is 0 Å². The molecule has 0 N–H and O–H groups in total. The summed E-state index contributed by atoms with van der Waals surface area (Å²) in [5.41, 5.74) is 1.72. The van der Waals surface area contributed by atoms with Gasteiger partial charge in [-0.25, -0.2) is 0 Å². The molecule has 2 heterocycles. The van der Waals surface area contributed by atoms with E-state index < -0.39 is 0 Å². The molecular formula is C12H10ClN3OS. The van der Waals surface area contributed by atoms with Gasteiger partial charge < -0.3 is 0 Å². The Morgan fingerprint density at radius 3 is 2.94 bits per heavy atom. The molecule has 92 valence electrons. The molecule has 0 radical (unpaired) electrons. The summed E-state index contributed by atoms with van der Waals surface area (Å²) in [7, 11) is 1.86. The van der Waals surface area contributed by atoms with Gasteiger partial charge in [0.2, 0.25) is 0 Å². The van der Waals surface area contributed by atoms with Crippen molar-refractivity contribution >= 4 is 33.2 Å². The number of halogens is 1. The van der Waals surface area contributed by atoms with Gasteiger partial charge in [0.1, 0.15) is 0 Å². The van der Waals surface area contributed by atoms with Gasteiger partial charge in [0, 0.05) is 18.3 Å². The molecule has 0 fully saturated rings. The van der Waals surface area contributed by atoms with Gasteiger partial charge in [-0.15, -0.1) is 0 Å². The first-order valence-electron chi connectivity index (χ1n) is 5.41. The van der Waals surface area contributed by atoms with Crippen LogP contribution in [-0.4, -0.2) is 14.3 Å². The van der Waals surface area contributed by atoms with Crippen LogP contribution in [0.1, 0.15) is 5.69 Å². The number of benzene rings is 1. The molecule has 3 aromatic rings. The van der Waals surface area contributed by atoms with Crippen LogP contribution in [0.5, 0.6) is 0 Å². The van der Waals surface area contributed by atoms with Crippen molar-refractivity contribution in [3.63, 3.8) is 0 Å². The summed E-state index contributed by atoms with van der Waals surface area (Å²) in [4.78, 5) is 12.0. The second kappa shape index (κ2) is 4.26. The number of thiazole rings is 1. The highest BCUT2D eigenvalue weighted by atomic mass is 35.5. The summed E-state index contributed by atoms with van der Waals surface area (Å²) in [6.07, 6.45) is 1.86. The Labute approximate surface area is 112 Å². The molecule has 0 unspecified atom stereocenters. The Balaban J connectivity index is 2.13. The Kier molecular flexibility index (Phi) is 2.72. The maximum absolute atomic E-state index is 12.0. The summed E-state index contributed by atoms with van der Waals surface area (Å²) < 4.78 is 4.37. The molecule has 0 saturated heterocycles. The fourth-order valence-electron chi connectivity index (χ4n) is 1.89. The molecule has 0 aliphatic heterocycles. The van der Waals surface area contributed by atoms with Gasteiger partial charge in [-0.3, -0.25) is 14.0 Å². The lowest BCUT2D eigenvalue weighted by Gasteiger charge is -2.01. The molecule has 0 saturated carbocycles. The molecule has 0 spiro atoms. The molecule has 6 heteroatoms. The van der Waals surface area contributed by atoms with E-state index in [4.69, 9.17) is 11.6 Å². The second-order valence-electron chi connectivity index (χ2n) is 4.05. The Morgan fingerprint density at radius 2 is 2.22 bits per heavy atom. The standard InChI is InChI=1S/C12H10ClN3OS/c1-15-5-4-9(14-15)7-16-10-6-8(13)2-3-11(10)18-12(16)17/h2-6H,7H2,1H3. The molecular weight excluding hydrogens is 270 g/mol. The van der Waals surface area contributed by atoms with Crippen LogP contribution < -0.4 is 4.87 Å². The lowest BCUT2D eigenvalue weighted by Crippen LogP contribution is -2.14. The number of fused-ring (bicyclic) bond motifs is 1. The Hall–Kier alpha value is -1.59. The van der Waals surface area contributed by atoms with Gasteiger partial charge in [0.05, 0.1) is 22.5 Å². The van der Waals surface area contributed by atoms with Crippen molar-refractivity contribution in [2.75, 3.05) is 0 Å². The van der Waals surface area contributed by atoms with Crippen LogP contribution in [0.15, 0.2) is 35.3 Å². The second-order valence-corrected chi connectivity index (χ2v) is 5.48. The predicted molar refractivity (Wildman–Crippen MR) is 73.4 cm³/mol. The molecule has 4 nitrogen and oxygen atoms in total. The minimum absolute atomic E-state index is 0.0120. The van der Waals surface area contributed by atoms with Crippen LogP contribution in [0.3, 0.4) is 0 Å². The number of rotatable bonds is 2. The van der Waals surface area contributed by atoms with E-state index in [9.17, 15) is 4.79 Å². The van der Waals surface area contributed by atoms with E-state index in [0.717, 1.165) is 15.9 Å². The average Bonchev–Trinajstić information content (AvgIpc) is 2.86. The SMILES string of the molecule is Cn1ccc(Cn2c(=O)sc3ccc(Cl)cc32)n1. The first kappa shape index (κ1) is 11.5. The van der Waals surface area contributed by atoms with Gasteiger partial charge >= 0.3 is 4.87 Å². The van der Waals surface area contributed by atoms with E-state index in [0.29, 0.717) is 11.6 Å². The van der Waals surface area contributed by atoms with E-state index in [1.54, 1.807) is 15.3 Å².